The van der Waals surface area contributed by atoms with Crippen molar-refractivity contribution >= 4 is 17.3 Å². The highest BCUT2D eigenvalue weighted by Gasteiger charge is 2.50. The molecule has 7 rings (SSSR count). The number of carbonyl (C=O) groups is 1. The van der Waals surface area contributed by atoms with Crippen LogP contribution in [0.3, 0.4) is 0 Å². The molecule has 0 radical (unpaired) electrons. The van der Waals surface area contributed by atoms with Crippen LogP contribution in [-0.2, 0) is 0 Å². The van der Waals surface area contributed by atoms with Gasteiger partial charge in [0, 0.05) is 17.4 Å². The van der Waals surface area contributed by atoms with Gasteiger partial charge in [0.2, 0.25) is 0 Å². The van der Waals surface area contributed by atoms with Gasteiger partial charge in [-0.05, 0) is 136 Å². The topological polar surface area (TPSA) is 142 Å². The number of fused-ring (bicyclic) bond motifs is 1. The number of pyridine rings is 1. The summed E-state index contributed by atoms with van der Waals surface area (Å²) in [5.41, 5.74) is 5.70. The third-order valence-electron chi connectivity index (χ3n) is 12.2. The molecule has 300 valence electrons. The van der Waals surface area contributed by atoms with E-state index in [-0.39, 0.29) is 11.8 Å². The average molecular weight is 783 g/mol. The molecule has 4 aliphatic rings. The van der Waals surface area contributed by atoms with Gasteiger partial charge in [-0.25, -0.2) is 14.8 Å². The molecule has 4 N–H and O–H groups in total. The number of aromatic nitrogens is 2. The number of ether oxygens (including phenoxy) is 2. The van der Waals surface area contributed by atoms with Crippen LogP contribution in [0.15, 0.2) is 89.4 Å². The van der Waals surface area contributed by atoms with Crippen LogP contribution in [0.4, 0.5) is 0 Å². The number of benzene rings is 1. The molecular weight excluding hydrogens is 725 g/mol. The SMILES string of the molecule is C=C1/C(=C\C=C2/CCC[C@]3(C)[C@@H]([C@H](C)/C=C/[C@@H](O)C4CC4)CC[C@@H]23)C[C@@H](O)C[C@@H]1O.CCOc1ccc(-c2nc(-c3cccc(C(=O)O)n3)cs2)cc1OCC. The Morgan fingerprint density at radius 2 is 1.79 bits per heavy atom. The number of thiazole rings is 1. The van der Waals surface area contributed by atoms with Crippen molar-refractivity contribution in [3.63, 3.8) is 0 Å². The smallest absolute Gasteiger partial charge is 0.354 e. The zero-order valence-electron chi connectivity index (χ0n) is 33.2. The zero-order valence-corrected chi connectivity index (χ0v) is 34.0. The molecule has 10 heteroatoms. The van der Waals surface area contributed by atoms with Gasteiger partial charge in [-0.2, -0.15) is 0 Å². The standard InChI is InChI=1S/C27H40O3.C19H18N2O4S/c1-17(6-13-25(29)20-8-9-20)23-11-12-24-19(5-4-14-27(23,24)3)7-10-21-15-22(28)16-26(30)18(21)2;1-3-24-16-9-8-12(10-17(16)25-4-2)18-21-15(11-26-18)13-6-5-7-14(20-13)19(22)23/h6-7,10,13,17,20,22-26,28-30H,2,4-5,8-9,11-12,14-16H2,1,3H3;5-11H,3-4H2,1-2H3,(H,22,23)/b13-6+,19-7+,21-10-;/t17-,22-,23-,24+,25-,26+,27-;/m1./s1. The van der Waals surface area contributed by atoms with Crippen LogP contribution in [-0.4, -0.2) is 67.9 Å². The van der Waals surface area contributed by atoms with Crippen molar-refractivity contribution in [2.75, 3.05) is 13.2 Å². The minimum atomic E-state index is -1.06. The van der Waals surface area contributed by atoms with Crippen LogP contribution >= 0.6 is 11.3 Å². The molecule has 0 saturated heterocycles. The summed E-state index contributed by atoms with van der Waals surface area (Å²) in [5.74, 6) is 2.59. The Hall–Kier alpha value is -4.09. The van der Waals surface area contributed by atoms with Crippen molar-refractivity contribution in [2.24, 2.45) is 29.1 Å². The number of rotatable bonds is 12. The van der Waals surface area contributed by atoms with Crippen molar-refractivity contribution in [3.8, 4) is 33.5 Å². The Balaban J connectivity index is 0.000000192. The van der Waals surface area contributed by atoms with Gasteiger partial charge in [-0.1, -0.05) is 56.4 Å². The summed E-state index contributed by atoms with van der Waals surface area (Å²) < 4.78 is 11.2. The summed E-state index contributed by atoms with van der Waals surface area (Å²) >= 11 is 1.46. The fourth-order valence-electron chi connectivity index (χ4n) is 9.03. The average Bonchev–Trinajstić information content (AvgIpc) is 3.81. The molecule has 0 unspecified atom stereocenters. The highest BCUT2D eigenvalue weighted by Crippen LogP contribution is 2.59. The van der Waals surface area contributed by atoms with E-state index in [9.17, 15) is 20.1 Å². The number of aromatic carboxylic acids is 1. The molecule has 0 amide bonds. The third kappa shape index (κ3) is 9.71. The Morgan fingerprint density at radius 3 is 2.52 bits per heavy atom. The van der Waals surface area contributed by atoms with Gasteiger partial charge in [0.15, 0.2) is 11.5 Å². The minimum Gasteiger partial charge on any atom is -0.490 e. The third-order valence-corrected chi connectivity index (χ3v) is 13.1. The highest BCUT2D eigenvalue weighted by atomic mass is 32.1. The first-order valence-corrected chi connectivity index (χ1v) is 21.2. The Kier molecular flexibility index (Phi) is 13.7. The fourth-order valence-corrected chi connectivity index (χ4v) is 9.84. The summed E-state index contributed by atoms with van der Waals surface area (Å²) in [5, 5.41) is 42.1. The molecule has 0 bridgehead atoms. The summed E-state index contributed by atoms with van der Waals surface area (Å²) in [6, 6.07) is 10.6. The predicted octanol–water partition coefficient (Wildman–Crippen LogP) is 9.46. The lowest BCUT2D eigenvalue weighted by atomic mass is 9.61. The quantitative estimate of drug-likeness (QED) is 0.132. The molecule has 7 atom stereocenters. The van der Waals surface area contributed by atoms with Gasteiger partial charge in [0.1, 0.15) is 16.4 Å². The van der Waals surface area contributed by atoms with E-state index in [2.05, 4.69) is 54.7 Å². The van der Waals surface area contributed by atoms with Crippen LogP contribution < -0.4 is 9.47 Å². The molecule has 0 aliphatic heterocycles. The summed E-state index contributed by atoms with van der Waals surface area (Å²) in [4.78, 5) is 19.8. The van der Waals surface area contributed by atoms with E-state index in [1.807, 2.05) is 37.4 Å². The summed E-state index contributed by atoms with van der Waals surface area (Å²) in [6.45, 7) is 13.8. The Bertz CT molecular complexity index is 1950. The van der Waals surface area contributed by atoms with Crippen LogP contribution in [0.5, 0.6) is 11.5 Å². The first-order chi connectivity index (χ1) is 26.9. The molecule has 3 aromatic rings. The molecule has 1 aromatic carbocycles. The molecular formula is C46H58N2O7S. The lowest BCUT2D eigenvalue weighted by Gasteiger charge is -2.44. The fraction of sp³-hybridized carbons (Fsp3) is 0.500. The van der Waals surface area contributed by atoms with E-state index in [1.54, 1.807) is 12.1 Å². The van der Waals surface area contributed by atoms with E-state index in [0.717, 1.165) is 28.1 Å². The number of hydrogen-bond donors (Lipinski definition) is 4. The van der Waals surface area contributed by atoms with Crippen molar-refractivity contribution in [2.45, 2.75) is 104 Å². The Labute approximate surface area is 335 Å². The summed E-state index contributed by atoms with van der Waals surface area (Å²) in [6.07, 6.45) is 16.9. The lowest BCUT2D eigenvalue weighted by Crippen LogP contribution is -2.35. The maximum atomic E-state index is 11.1. The monoisotopic (exact) mass is 782 g/mol. The molecule has 4 saturated carbocycles. The van der Waals surface area contributed by atoms with Crippen LogP contribution in [0, 0.1) is 29.1 Å². The Morgan fingerprint density at radius 1 is 1.02 bits per heavy atom. The number of hydrogen-bond acceptors (Lipinski definition) is 9. The minimum absolute atomic E-state index is 0.00301. The zero-order chi connectivity index (χ0) is 40.0. The van der Waals surface area contributed by atoms with Crippen LogP contribution in [0.25, 0.3) is 22.0 Å². The second-order valence-corrected chi connectivity index (χ2v) is 16.9. The van der Waals surface area contributed by atoms with Crippen molar-refractivity contribution in [3.05, 3.63) is 95.1 Å². The van der Waals surface area contributed by atoms with Gasteiger partial charge < -0.3 is 29.9 Å². The lowest BCUT2D eigenvalue weighted by molar-refractivity contribution is 0.0690. The highest BCUT2D eigenvalue weighted by molar-refractivity contribution is 7.13. The van der Waals surface area contributed by atoms with E-state index in [4.69, 9.17) is 14.6 Å². The molecule has 56 heavy (non-hydrogen) atoms. The largest absolute Gasteiger partial charge is 0.490 e. The van der Waals surface area contributed by atoms with Gasteiger partial charge in [0.25, 0.3) is 0 Å². The number of nitrogens with zero attached hydrogens (tertiary/aromatic N) is 2. The van der Waals surface area contributed by atoms with E-state index >= 15 is 0 Å². The number of aliphatic hydroxyl groups excluding tert-OH is 3. The predicted molar refractivity (Wildman–Crippen MR) is 222 cm³/mol. The molecule has 9 nitrogen and oxygen atoms in total. The second kappa shape index (κ2) is 18.4. The van der Waals surface area contributed by atoms with E-state index in [1.165, 1.54) is 61.5 Å². The first-order valence-electron chi connectivity index (χ1n) is 20.3. The maximum Gasteiger partial charge on any atom is 0.354 e. The maximum absolute atomic E-state index is 11.1. The van der Waals surface area contributed by atoms with E-state index in [0.29, 0.717) is 78.0 Å². The number of carboxylic acid groups (broad SMARTS) is 1. The second-order valence-electron chi connectivity index (χ2n) is 16.0. The first kappa shape index (κ1) is 41.5. The number of aliphatic hydroxyl groups is 3. The van der Waals surface area contributed by atoms with Crippen LogP contribution in [0.1, 0.15) is 96.0 Å². The van der Waals surface area contributed by atoms with E-state index < -0.39 is 18.2 Å². The van der Waals surface area contributed by atoms with Gasteiger partial charge in [-0.3, -0.25) is 0 Å². The molecule has 2 aromatic heterocycles. The van der Waals surface area contributed by atoms with Crippen molar-refractivity contribution < 1.29 is 34.7 Å². The van der Waals surface area contributed by atoms with Crippen molar-refractivity contribution in [1.82, 2.24) is 9.97 Å². The number of carboxylic acids is 1. The molecule has 0 spiro atoms. The van der Waals surface area contributed by atoms with Crippen molar-refractivity contribution in [1.29, 1.82) is 0 Å². The normalized spacial score (nSPS) is 27.4. The number of allylic oxidation sites excluding steroid dienone is 4. The van der Waals surface area contributed by atoms with Gasteiger partial charge >= 0.3 is 5.97 Å². The molecule has 4 aliphatic carbocycles. The molecule has 2 heterocycles. The molecule has 4 fully saturated rings. The summed E-state index contributed by atoms with van der Waals surface area (Å²) in [7, 11) is 0. The van der Waals surface area contributed by atoms with Crippen LogP contribution in [0.2, 0.25) is 0 Å². The van der Waals surface area contributed by atoms with Gasteiger partial charge in [-0.15, -0.1) is 11.3 Å². The van der Waals surface area contributed by atoms with Gasteiger partial charge in [0.05, 0.1) is 37.2 Å².